The zero-order valence-corrected chi connectivity index (χ0v) is 10.8. The first kappa shape index (κ1) is 12.3. The molecule has 3 fully saturated rings. The normalized spacial score (nSPS) is 49.7. The predicted molar refractivity (Wildman–Crippen MR) is 59.9 cm³/mol. The molecule has 2 bridgehead atoms. The highest BCUT2D eigenvalue weighted by molar-refractivity contribution is 5.86. The second kappa shape index (κ2) is 3.85. The van der Waals surface area contributed by atoms with Crippen molar-refractivity contribution >= 4 is 12.1 Å². The summed E-state index contributed by atoms with van der Waals surface area (Å²) in [6.07, 6.45) is 1.14. The van der Waals surface area contributed by atoms with Crippen molar-refractivity contribution in [1.29, 1.82) is 0 Å². The molecule has 0 radical (unpaired) electrons. The van der Waals surface area contributed by atoms with E-state index in [1.54, 1.807) is 6.92 Å². The second-order valence-electron chi connectivity index (χ2n) is 5.99. The van der Waals surface area contributed by atoms with Crippen molar-refractivity contribution < 1.29 is 24.1 Å². The summed E-state index contributed by atoms with van der Waals surface area (Å²) in [5.74, 6) is -1.34. The molecule has 0 aromatic carbocycles. The minimum absolute atomic E-state index is 0.0682. The standard InChI is InChI=1S/C13H18O5/c1-6(2)11(15)9-7(5-14)4-8-10(9)13(3)16-12(8)17-18-13/h5-10,12H,4H2,1-3H3/t7-,8-,9+,10-,12-,13+/m1/s1. The van der Waals surface area contributed by atoms with E-state index in [0.29, 0.717) is 6.42 Å². The van der Waals surface area contributed by atoms with Crippen LogP contribution in [0.2, 0.25) is 0 Å². The third-order valence-electron chi connectivity index (χ3n) is 4.54. The van der Waals surface area contributed by atoms with Crippen molar-refractivity contribution in [2.45, 2.75) is 39.3 Å². The van der Waals surface area contributed by atoms with Gasteiger partial charge in [0.2, 0.25) is 5.79 Å². The molecule has 3 rings (SSSR count). The summed E-state index contributed by atoms with van der Waals surface area (Å²) >= 11 is 0. The van der Waals surface area contributed by atoms with Crippen LogP contribution in [0.15, 0.2) is 0 Å². The Morgan fingerprint density at radius 3 is 2.78 bits per heavy atom. The van der Waals surface area contributed by atoms with E-state index in [1.165, 1.54) is 0 Å². The summed E-state index contributed by atoms with van der Waals surface area (Å²) in [6, 6.07) is 0. The van der Waals surface area contributed by atoms with Gasteiger partial charge in [-0.3, -0.25) is 4.79 Å². The molecule has 3 aliphatic rings. The maximum atomic E-state index is 12.4. The Balaban J connectivity index is 1.95. The molecule has 2 heterocycles. The average molecular weight is 254 g/mol. The summed E-state index contributed by atoms with van der Waals surface area (Å²) in [7, 11) is 0. The molecule has 1 saturated carbocycles. The molecular formula is C13H18O5. The number of ether oxygens (including phenoxy) is 1. The van der Waals surface area contributed by atoms with Gasteiger partial charge in [0, 0.05) is 29.6 Å². The lowest BCUT2D eigenvalue weighted by Crippen LogP contribution is -2.43. The van der Waals surface area contributed by atoms with Crippen LogP contribution in [0.3, 0.4) is 0 Å². The highest BCUT2D eigenvalue weighted by Gasteiger charge is 2.68. The summed E-state index contributed by atoms with van der Waals surface area (Å²) in [5.41, 5.74) is 0. The minimum Gasteiger partial charge on any atom is -0.315 e. The molecule has 0 N–H and O–H groups in total. The van der Waals surface area contributed by atoms with Gasteiger partial charge >= 0.3 is 0 Å². The van der Waals surface area contributed by atoms with Crippen LogP contribution in [0, 0.1) is 29.6 Å². The topological polar surface area (TPSA) is 61.8 Å². The van der Waals surface area contributed by atoms with Gasteiger partial charge in [0.05, 0.1) is 0 Å². The van der Waals surface area contributed by atoms with Gasteiger partial charge in [0.15, 0.2) is 6.29 Å². The van der Waals surface area contributed by atoms with Crippen LogP contribution in [-0.4, -0.2) is 24.1 Å². The van der Waals surface area contributed by atoms with Crippen molar-refractivity contribution in [2.24, 2.45) is 29.6 Å². The van der Waals surface area contributed by atoms with Crippen LogP contribution in [0.25, 0.3) is 0 Å². The smallest absolute Gasteiger partial charge is 0.205 e. The Bertz CT molecular complexity index is 393. The number of ketones is 1. The largest absolute Gasteiger partial charge is 0.315 e. The summed E-state index contributed by atoms with van der Waals surface area (Å²) in [6.45, 7) is 5.53. The number of hydrogen-bond acceptors (Lipinski definition) is 5. The van der Waals surface area contributed by atoms with Gasteiger partial charge in [-0.2, -0.15) is 4.89 Å². The van der Waals surface area contributed by atoms with Crippen molar-refractivity contribution in [1.82, 2.24) is 0 Å². The first-order valence-electron chi connectivity index (χ1n) is 6.49. The maximum Gasteiger partial charge on any atom is 0.205 e. The van der Waals surface area contributed by atoms with Gasteiger partial charge in [-0.25, -0.2) is 4.89 Å². The zero-order chi connectivity index (χ0) is 13.1. The number of hydrogen-bond donors (Lipinski definition) is 0. The van der Waals surface area contributed by atoms with E-state index in [0.717, 1.165) is 6.29 Å². The highest BCUT2D eigenvalue weighted by atomic mass is 17.3. The number of fused-ring (bicyclic) bond motifs is 5. The fraction of sp³-hybridized carbons (Fsp3) is 0.846. The Morgan fingerprint density at radius 2 is 2.17 bits per heavy atom. The third-order valence-corrected chi connectivity index (χ3v) is 4.54. The van der Waals surface area contributed by atoms with Crippen LogP contribution < -0.4 is 0 Å². The molecule has 0 aromatic heterocycles. The Morgan fingerprint density at radius 1 is 1.44 bits per heavy atom. The Labute approximate surface area is 106 Å². The van der Waals surface area contributed by atoms with E-state index in [-0.39, 0.29) is 35.4 Å². The van der Waals surface area contributed by atoms with E-state index >= 15 is 0 Å². The van der Waals surface area contributed by atoms with Gasteiger partial charge < -0.3 is 9.53 Å². The SMILES string of the molecule is CC(C)C(=O)[C@@H]1[C@H]2[C@@H](C[C@@H]1C=O)[C@H]1OO[C@]2(C)O1. The Hall–Kier alpha value is -0.780. The van der Waals surface area contributed by atoms with E-state index in [9.17, 15) is 9.59 Å². The fourth-order valence-corrected chi connectivity index (χ4v) is 3.75. The molecule has 0 spiro atoms. The molecular weight excluding hydrogens is 236 g/mol. The zero-order valence-electron chi connectivity index (χ0n) is 10.8. The minimum atomic E-state index is -0.873. The maximum absolute atomic E-state index is 12.4. The van der Waals surface area contributed by atoms with E-state index in [4.69, 9.17) is 14.5 Å². The Kier molecular flexibility index (Phi) is 2.63. The molecule has 0 unspecified atom stereocenters. The molecule has 0 amide bonds. The monoisotopic (exact) mass is 254 g/mol. The molecule has 2 aliphatic heterocycles. The number of Topliss-reactive ketones (excluding diaryl/α,β-unsaturated/α-hetero) is 1. The molecule has 100 valence electrons. The first-order chi connectivity index (χ1) is 8.48. The molecule has 6 atom stereocenters. The number of aldehydes is 1. The van der Waals surface area contributed by atoms with Crippen molar-refractivity contribution in [3.8, 4) is 0 Å². The van der Waals surface area contributed by atoms with E-state index in [2.05, 4.69) is 0 Å². The molecule has 5 heteroatoms. The number of carbonyl (C=O) groups is 2. The molecule has 1 aliphatic carbocycles. The van der Waals surface area contributed by atoms with Crippen LogP contribution in [0.5, 0.6) is 0 Å². The quantitative estimate of drug-likeness (QED) is 0.561. The molecule has 2 saturated heterocycles. The van der Waals surface area contributed by atoms with Crippen LogP contribution in [0.4, 0.5) is 0 Å². The van der Waals surface area contributed by atoms with Crippen LogP contribution in [-0.2, 0) is 24.1 Å². The van der Waals surface area contributed by atoms with Gasteiger partial charge in [-0.15, -0.1) is 0 Å². The average Bonchev–Trinajstić information content (AvgIpc) is 2.95. The number of carbonyl (C=O) groups excluding carboxylic acids is 2. The van der Waals surface area contributed by atoms with Gasteiger partial charge in [-0.05, 0) is 13.3 Å². The summed E-state index contributed by atoms with van der Waals surface area (Å²) in [4.78, 5) is 33.9. The third kappa shape index (κ3) is 1.44. The second-order valence-corrected chi connectivity index (χ2v) is 5.99. The summed E-state index contributed by atoms with van der Waals surface area (Å²) in [5, 5.41) is 0. The lowest BCUT2D eigenvalue weighted by molar-refractivity contribution is -0.371. The van der Waals surface area contributed by atoms with Crippen LogP contribution in [0.1, 0.15) is 27.2 Å². The van der Waals surface area contributed by atoms with E-state index in [1.807, 2.05) is 13.8 Å². The van der Waals surface area contributed by atoms with Crippen LogP contribution >= 0.6 is 0 Å². The molecule has 18 heavy (non-hydrogen) atoms. The predicted octanol–water partition coefficient (Wildman–Crippen LogP) is 1.31. The fourth-order valence-electron chi connectivity index (χ4n) is 3.75. The highest BCUT2D eigenvalue weighted by Crippen LogP contribution is 2.59. The lowest BCUT2D eigenvalue weighted by Gasteiger charge is -2.32. The molecule has 0 aromatic rings. The van der Waals surface area contributed by atoms with Gasteiger partial charge in [0.25, 0.3) is 0 Å². The van der Waals surface area contributed by atoms with E-state index < -0.39 is 12.1 Å². The summed E-state index contributed by atoms with van der Waals surface area (Å²) < 4.78 is 5.67. The van der Waals surface area contributed by atoms with Crippen molar-refractivity contribution in [2.75, 3.05) is 0 Å². The lowest BCUT2D eigenvalue weighted by atomic mass is 9.77. The molecule has 5 nitrogen and oxygen atoms in total. The van der Waals surface area contributed by atoms with Gasteiger partial charge in [-0.1, -0.05) is 13.8 Å². The van der Waals surface area contributed by atoms with Crippen molar-refractivity contribution in [3.05, 3.63) is 0 Å². The number of rotatable bonds is 3. The van der Waals surface area contributed by atoms with Gasteiger partial charge in [0.1, 0.15) is 12.1 Å². The van der Waals surface area contributed by atoms with Crippen molar-refractivity contribution in [3.63, 3.8) is 0 Å². The first-order valence-corrected chi connectivity index (χ1v) is 6.49.